The first-order valence-corrected chi connectivity index (χ1v) is 14.6. The molecule has 1 aliphatic heterocycles. The Morgan fingerprint density at radius 1 is 1.11 bits per heavy atom. The lowest BCUT2D eigenvalue weighted by Crippen LogP contribution is -2.10. The van der Waals surface area contributed by atoms with E-state index in [-0.39, 0.29) is 24.5 Å². The molecule has 44 heavy (non-hydrogen) atoms. The van der Waals surface area contributed by atoms with E-state index in [0.29, 0.717) is 48.5 Å². The van der Waals surface area contributed by atoms with Crippen molar-refractivity contribution in [1.82, 2.24) is 25.1 Å². The zero-order chi connectivity index (χ0) is 31.4. The minimum Gasteiger partial charge on any atom is -0.491 e. The Labute approximate surface area is 256 Å². The monoisotopic (exact) mass is 600 g/mol. The molecule has 10 heteroatoms. The number of methoxy groups -OCH3 is 1. The third kappa shape index (κ3) is 6.87. The lowest BCUT2D eigenvalue weighted by molar-refractivity contribution is 0.146. The zero-order valence-electron chi connectivity index (χ0n) is 25.8. The predicted molar refractivity (Wildman–Crippen MR) is 169 cm³/mol. The van der Waals surface area contributed by atoms with Gasteiger partial charge in [-0.2, -0.15) is 5.10 Å². The molecular weight excluding hydrogens is 562 g/mol. The Bertz CT molecular complexity index is 1740. The number of para-hydroxylation sites is 1. The molecule has 2 aromatic heterocycles. The van der Waals surface area contributed by atoms with Crippen LogP contribution in [0.5, 0.6) is 5.75 Å². The fourth-order valence-corrected chi connectivity index (χ4v) is 5.21. The van der Waals surface area contributed by atoms with E-state index in [1.54, 1.807) is 4.68 Å². The summed E-state index contributed by atoms with van der Waals surface area (Å²) < 4.78 is 42.2. The van der Waals surface area contributed by atoms with E-state index in [0.717, 1.165) is 33.5 Å². The molecule has 230 valence electrons. The van der Waals surface area contributed by atoms with Crippen molar-refractivity contribution >= 4 is 16.7 Å². The van der Waals surface area contributed by atoms with Crippen LogP contribution in [0.15, 0.2) is 72.0 Å². The van der Waals surface area contributed by atoms with Gasteiger partial charge in [-0.3, -0.25) is 4.68 Å². The highest BCUT2D eigenvalue weighted by molar-refractivity contribution is 5.92. The van der Waals surface area contributed by atoms with Crippen molar-refractivity contribution in [3.05, 3.63) is 100 Å². The number of nitrogens with one attached hydrogen (secondary N) is 2. The van der Waals surface area contributed by atoms with Gasteiger partial charge in [0.25, 0.3) is 0 Å². The highest BCUT2D eigenvalue weighted by Gasteiger charge is 2.24. The van der Waals surface area contributed by atoms with E-state index in [4.69, 9.17) is 24.5 Å². The summed E-state index contributed by atoms with van der Waals surface area (Å²) in [6, 6.07) is 9.90. The topological polar surface area (TPSA) is 86.1 Å². The van der Waals surface area contributed by atoms with E-state index in [1.165, 1.54) is 19.2 Å². The van der Waals surface area contributed by atoms with Gasteiger partial charge in [-0.25, -0.2) is 18.7 Å². The summed E-state index contributed by atoms with van der Waals surface area (Å²) in [6.07, 6.45) is 4.19. The minimum absolute atomic E-state index is 0.102. The molecule has 0 atom stereocenters. The maximum absolute atomic E-state index is 15.1. The number of hydrogen-bond donors (Lipinski definition) is 2. The van der Waals surface area contributed by atoms with Crippen LogP contribution in [0.2, 0.25) is 0 Å². The molecule has 2 N–H and O–H groups in total. The molecule has 5 rings (SSSR count). The zero-order valence-corrected chi connectivity index (χ0v) is 25.8. The van der Waals surface area contributed by atoms with E-state index in [2.05, 4.69) is 44.1 Å². The van der Waals surface area contributed by atoms with Crippen LogP contribution in [0, 0.1) is 17.6 Å². The number of benzene rings is 2. The van der Waals surface area contributed by atoms with Gasteiger partial charge < -0.3 is 20.1 Å². The molecule has 2 aromatic carbocycles. The standard InChI is InChI=1S/C34H38F2N6O2/c1-20(2)13-22(5)29(14-21(3)4)38-33-25-17-37-18-30(25)39-34(40-33)32-24-9-7-8-10-31(24)42(41-32)19-26-27(35)15-23(16-28(26)36)44-12-11-43-6/h7-10,13-16,20,37H,3,11-12,17-19H2,1-2,4-6H3,(H,38,39,40)/b22-13-,29-14+. The molecule has 0 unspecified atom stereocenters. The molecule has 0 spiro atoms. The van der Waals surface area contributed by atoms with Crippen LogP contribution in [0.25, 0.3) is 22.4 Å². The van der Waals surface area contributed by atoms with Gasteiger partial charge >= 0.3 is 0 Å². The van der Waals surface area contributed by atoms with Crippen molar-refractivity contribution < 1.29 is 18.3 Å². The molecule has 0 bridgehead atoms. The van der Waals surface area contributed by atoms with Crippen LogP contribution in [0.4, 0.5) is 14.6 Å². The minimum atomic E-state index is -0.716. The molecule has 3 heterocycles. The highest BCUT2D eigenvalue weighted by Crippen LogP contribution is 2.32. The Morgan fingerprint density at radius 2 is 1.86 bits per heavy atom. The molecular formula is C34H38F2N6O2. The molecule has 0 saturated carbocycles. The van der Waals surface area contributed by atoms with Crippen LogP contribution < -0.4 is 15.4 Å². The Balaban J connectivity index is 1.55. The summed E-state index contributed by atoms with van der Waals surface area (Å²) >= 11 is 0. The average molecular weight is 601 g/mol. The van der Waals surface area contributed by atoms with Crippen LogP contribution >= 0.6 is 0 Å². The van der Waals surface area contributed by atoms with Gasteiger partial charge in [0.15, 0.2) is 5.82 Å². The van der Waals surface area contributed by atoms with E-state index in [1.807, 2.05) is 37.3 Å². The van der Waals surface area contributed by atoms with Gasteiger partial charge in [-0.05, 0) is 37.5 Å². The number of allylic oxidation sites excluding steroid dienone is 4. The molecule has 0 saturated heterocycles. The largest absolute Gasteiger partial charge is 0.491 e. The van der Waals surface area contributed by atoms with Gasteiger partial charge in [0.05, 0.1) is 24.4 Å². The van der Waals surface area contributed by atoms with Crippen molar-refractivity contribution in [3.63, 3.8) is 0 Å². The fraction of sp³-hybridized carbons (Fsp3) is 0.324. The van der Waals surface area contributed by atoms with E-state index >= 15 is 8.78 Å². The molecule has 0 amide bonds. The first-order valence-electron chi connectivity index (χ1n) is 14.6. The summed E-state index contributed by atoms with van der Waals surface area (Å²) in [7, 11) is 1.53. The Morgan fingerprint density at radius 3 is 2.57 bits per heavy atom. The van der Waals surface area contributed by atoms with Crippen molar-refractivity contribution in [2.24, 2.45) is 5.92 Å². The number of fused-ring (bicyclic) bond motifs is 2. The SMILES string of the molecule is C=C(C)/C=C(Nc1nc(-c2nn(Cc3c(F)cc(OCCOC)cc3F)c3ccccc23)nc2c1CNC2)\C(C)=C/C(C)C. The Kier molecular flexibility index (Phi) is 9.51. The second-order valence-electron chi connectivity index (χ2n) is 11.3. The van der Waals surface area contributed by atoms with Crippen LogP contribution in [0.3, 0.4) is 0 Å². The summed E-state index contributed by atoms with van der Waals surface area (Å²) in [6.45, 7) is 14.0. The van der Waals surface area contributed by atoms with Crippen molar-refractivity contribution in [3.8, 4) is 17.3 Å². The second kappa shape index (κ2) is 13.5. The van der Waals surface area contributed by atoms with Crippen molar-refractivity contribution in [2.75, 3.05) is 25.6 Å². The van der Waals surface area contributed by atoms with Gasteiger partial charge in [-0.15, -0.1) is 0 Å². The van der Waals surface area contributed by atoms with Gasteiger partial charge in [0.2, 0.25) is 0 Å². The summed E-state index contributed by atoms with van der Waals surface area (Å²) in [4.78, 5) is 9.85. The maximum atomic E-state index is 15.1. The fourth-order valence-electron chi connectivity index (χ4n) is 5.21. The molecule has 0 aliphatic carbocycles. The quantitative estimate of drug-likeness (QED) is 0.135. The number of nitrogens with zero attached hydrogens (tertiary/aromatic N) is 4. The smallest absolute Gasteiger partial charge is 0.183 e. The van der Waals surface area contributed by atoms with Crippen LogP contribution in [-0.4, -0.2) is 40.1 Å². The second-order valence-corrected chi connectivity index (χ2v) is 11.3. The maximum Gasteiger partial charge on any atom is 0.183 e. The highest BCUT2D eigenvalue weighted by atomic mass is 19.1. The molecule has 8 nitrogen and oxygen atoms in total. The number of hydrogen-bond acceptors (Lipinski definition) is 7. The molecule has 0 radical (unpaired) electrons. The molecule has 1 aliphatic rings. The molecule has 4 aromatic rings. The summed E-state index contributed by atoms with van der Waals surface area (Å²) in [5.41, 5.74) is 5.87. The lowest BCUT2D eigenvalue weighted by atomic mass is 10.1. The number of anilines is 1. The normalized spacial score (nSPS) is 13.5. The number of aromatic nitrogens is 4. The van der Waals surface area contributed by atoms with Gasteiger partial charge in [0.1, 0.15) is 35.5 Å². The van der Waals surface area contributed by atoms with E-state index < -0.39 is 11.6 Å². The summed E-state index contributed by atoms with van der Waals surface area (Å²) in [5.74, 6) is 0.137. The van der Waals surface area contributed by atoms with Gasteiger partial charge in [-0.1, -0.05) is 50.3 Å². The lowest BCUT2D eigenvalue weighted by Gasteiger charge is -2.16. The number of ether oxygens (including phenoxy) is 2. The van der Waals surface area contributed by atoms with Crippen molar-refractivity contribution in [2.45, 2.75) is 47.3 Å². The van der Waals surface area contributed by atoms with Gasteiger partial charge in [0, 0.05) is 54.5 Å². The number of halogens is 2. The number of rotatable bonds is 12. The van der Waals surface area contributed by atoms with E-state index in [9.17, 15) is 0 Å². The Hall–Kier alpha value is -4.41. The van der Waals surface area contributed by atoms with Crippen LogP contribution in [-0.2, 0) is 24.4 Å². The first-order chi connectivity index (χ1) is 21.1. The third-order valence-corrected chi connectivity index (χ3v) is 7.19. The predicted octanol–water partition coefficient (Wildman–Crippen LogP) is 6.92. The first kappa shape index (κ1) is 31.0. The average Bonchev–Trinajstić information content (AvgIpc) is 3.59. The molecule has 0 fully saturated rings. The van der Waals surface area contributed by atoms with Crippen molar-refractivity contribution in [1.29, 1.82) is 0 Å². The van der Waals surface area contributed by atoms with Crippen LogP contribution in [0.1, 0.15) is 44.5 Å². The third-order valence-electron chi connectivity index (χ3n) is 7.19. The summed E-state index contributed by atoms with van der Waals surface area (Å²) in [5, 5.41) is 12.5.